The van der Waals surface area contributed by atoms with E-state index in [9.17, 15) is 13.2 Å². The molecule has 0 fully saturated rings. The summed E-state index contributed by atoms with van der Waals surface area (Å²) in [5, 5.41) is 0. The number of amides is 1. The number of anilines is 1. The predicted octanol–water partition coefficient (Wildman–Crippen LogP) is 3.63. The number of nitrogens with zero attached hydrogens (tertiary/aromatic N) is 3. The van der Waals surface area contributed by atoms with Crippen LogP contribution in [0.5, 0.6) is 0 Å². The normalized spacial score (nSPS) is 12.5. The fourth-order valence-corrected chi connectivity index (χ4v) is 5.50. The Bertz CT molecular complexity index is 1310. The maximum atomic E-state index is 13.6. The van der Waals surface area contributed by atoms with Gasteiger partial charge in [0.1, 0.15) is 22.0 Å². The van der Waals surface area contributed by atoms with Gasteiger partial charge in [-0.2, -0.15) is 13.5 Å². The lowest BCUT2D eigenvalue weighted by molar-refractivity contribution is -0.120. The topological polar surface area (TPSA) is 92.3 Å². The number of rotatable bonds is 8. The van der Waals surface area contributed by atoms with Crippen LogP contribution in [0.25, 0.3) is 11.0 Å². The molecule has 0 radical (unpaired) electrons. The molecule has 0 aliphatic rings. The first kappa shape index (κ1) is 22.1. The molecule has 0 spiro atoms. The number of hydrogen-bond donors (Lipinski definition) is 1. The van der Waals surface area contributed by atoms with Crippen LogP contribution in [-0.2, 0) is 21.2 Å². The summed E-state index contributed by atoms with van der Waals surface area (Å²) >= 11 is 0.949. The zero-order valence-electron chi connectivity index (χ0n) is 17.4. The van der Waals surface area contributed by atoms with Gasteiger partial charge >= 0.3 is 0 Å². The molecule has 32 heavy (non-hydrogen) atoms. The highest BCUT2D eigenvalue weighted by Gasteiger charge is 2.31. The van der Waals surface area contributed by atoms with Crippen molar-refractivity contribution in [1.29, 1.82) is 0 Å². The Morgan fingerprint density at radius 1 is 0.969 bits per heavy atom. The van der Waals surface area contributed by atoms with Crippen molar-refractivity contribution in [2.75, 3.05) is 11.4 Å². The van der Waals surface area contributed by atoms with Crippen LogP contribution >= 0.6 is 11.7 Å². The molecule has 9 heteroatoms. The first-order valence-corrected chi connectivity index (χ1v) is 12.3. The second kappa shape index (κ2) is 9.56. The van der Waals surface area contributed by atoms with Crippen molar-refractivity contribution in [3.8, 4) is 0 Å². The molecule has 1 N–H and O–H groups in total. The minimum atomic E-state index is -4.04. The third kappa shape index (κ3) is 4.69. The van der Waals surface area contributed by atoms with Gasteiger partial charge < -0.3 is 4.90 Å². The molecule has 1 atom stereocenters. The zero-order valence-corrected chi connectivity index (χ0v) is 19.0. The van der Waals surface area contributed by atoms with Gasteiger partial charge in [-0.1, -0.05) is 54.6 Å². The van der Waals surface area contributed by atoms with E-state index in [1.54, 1.807) is 17.0 Å². The lowest BCUT2D eigenvalue weighted by atomic mass is 10.1. The van der Waals surface area contributed by atoms with Gasteiger partial charge in [-0.05, 0) is 43.2 Å². The van der Waals surface area contributed by atoms with Crippen molar-refractivity contribution in [2.45, 2.75) is 24.3 Å². The largest absolute Gasteiger partial charge is 0.311 e. The summed E-state index contributed by atoms with van der Waals surface area (Å²) in [6.45, 7) is 2.27. The molecule has 1 heterocycles. The summed E-state index contributed by atoms with van der Waals surface area (Å²) in [6, 6.07) is 22.4. The number of benzene rings is 3. The molecule has 0 aliphatic carbocycles. The molecule has 4 aromatic rings. The number of carbonyl (C=O) groups is 1. The Morgan fingerprint density at radius 3 is 2.34 bits per heavy atom. The van der Waals surface area contributed by atoms with E-state index in [0.29, 0.717) is 23.3 Å². The highest BCUT2D eigenvalue weighted by Crippen LogP contribution is 2.22. The fraction of sp³-hybridized carbons (Fsp3) is 0.174. The SMILES string of the molecule is CCN(C(=O)[C@H](Cc1ccccc1)NS(=O)(=O)c1cccc2nsnc12)c1ccccc1. The van der Waals surface area contributed by atoms with Crippen molar-refractivity contribution in [2.24, 2.45) is 0 Å². The number of hydrogen-bond acceptors (Lipinski definition) is 6. The maximum absolute atomic E-state index is 13.6. The third-order valence-electron chi connectivity index (χ3n) is 5.07. The highest BCUT2D eigenvalue weighted by atomic mass is 32.2. The standard InChI is InChI=1S/C23H22N4O3S2/c1-2-27(18-12-7-4-8-13-18)23(28)20(16-17-10-5-3-6-11-17)26-32(29,30)21-15-9-14-19-22(21)25-31-24-19/h3-15,20,26H,2,16H2,1H3/t20-/m0/s1. The summed E-state index contributed by atoms with van der Waals surface area (Å²) in [5.74, 6) is -0.324. The lowest BCUT2D eigenvalue weighted by Crippen LogP contribution is -2.50. The van der Waals surface area contributed by atoms with E-state index in [-0.39, 0.29) is 17.2 Å². The zero-order chi connectivity index (χ0) is 22.6. The van der Waals surface area contributed by atoms with Crippen LogP contribution in [0.3, 0.4) is 0 Å². The fourth-order valence-electron chi connectivity index (χ4n) is 3.54. The second-order valence-electron chi connectivity index (χ2n) is 7.17. The van der Waals surface area contributed by atoms with Crippen LogP contribution in [0.1, 0.15) is 12.5 Å². The highest BCUT2D eigenvalue weighted by molar-refractivity contribution is 7.89. The van der Waals surface area contributed by atoms with Crippen molar-refractivity contribution in [1.82, 2.24) is 13.5 Å². The second-order valence-corrected chi connectivity index (χ2v) is 9.38. The molecule has 1 aromatic heterocycles. The number of aromatic nitrogens is 2. The van der Waals surface area contributed by atoms with E-state index in [0.717, 1.165) is 17.3 Å². The molecule has 0 saturated carbocycles. The van der Waals surface area contributed by atoms with Crippen LogP contribution < -0.4 is 9.62 Å². The van der Waals surface area contributed by atoms with E-state index in [2.05, 4.69) is 13.5 Å². The molecule has 4 rings (SSSR count). The van der Waals surface area contributed by atoms with Gasteiger partial charge in [0.05, 0.1) is 11.7 Å². The number of sulfonamides is 1. The van der Waals surface area contributed by atoms with E-state index in [4.69, 9.17) is 0 Å². The molecule has 0 bridgehead atoms. The van der Waals surface area contributed by atoms with Gasteiger partial charge in [-0.3, -0.25) is 4.79 Å². The van der Waals surface area contributed by atoms with E-state index < -0.39 is 16.1 Å². The first-order chi connectivity index (χ1) is 15.5. The Morgan fingerprint density at radius 2 is 1.66 bits per heavy atom. The molecule has 0 unspecified atom stereocenters. The Labute approximate surface area is 191 Å². The average Bonchev–Trinajstić information content (AvgIpc) is 3.29. The molecule has 3 aromatic carbocycles. The Balaban J connectivity index is 1.70. The molecular formula is C23H22N4O3S2. The van der Waals surface area contributed by atoms with E-state index in [1.165, 1.54) is 6.07 Å². The Hall–Kier alpha value is -3.14. The average molecular weight is 467 g/mol. The minimum absolute atomic E-state index is 0.0115. The van der Waals surface area contributed by atoms with Gasteiger partial charge in [0.2, 0.25) is 15.9 Å². The monoisotopic (exact) mass is 466 g/mol. The molecule has 0 aliphatic heterocycles. The van der Waals surface area contributed by atoms with Crippen molar-refractivity contribution < 1.29 is 13.2 Å². The van der Waals surface area contributed by atoms with Crippen LogP contribution in [0.4, 0.5) is 5.69 Å². The van der Waals surface area contributed by atoms with Crippen LogP contribution in [0.2, 0.25) is 0 Å². The van der Waals surface area contributed by atoms with Crippen molar-refractivity contribution in [3.05, 3.63) is 84.4 Å². The van der Waals surface area contributed by atoms with Gasteiger partial charge in [0, 0.05) is 12.2 Å². The van der Waals surface area contributed by atoms with E-state index in [1.807, 2.05) is 67.6 Å². The van der Waals surface area contributed by atoms with Crippen LogP contribution in [0.15, 0.2) is 83.8 Å². The molecule has 7 nitrogen and oxygen atoms in total. The van der Waals surface area contributed by atoms with Crippen LogP contribution in [-0.4, -0.2) is 35.7 Å². The number of para-hydroxylation sites is 1. The molecule has 164 valence electrons. The van der Waals surface area contributed by atoms with Gasteiger partial charge in [-0.25, -0.2) is 8.42 Å². The van der Waals surface area contributed by atoms with E-state index >= 15 is 0 Å². The van der Waals surface area contributed by atoms with Crippen molar-refractivity contribution in [3.63, 3.8) is 0 Å². The number of carbonyl (C=O) groups excluding carboxylic acids is 1. The van der Waals surface area contributed by atoms with Crippen molar-refractivity contribution >= 4 is 44.4 Å². The predicted molar refractivity (Wildman–Crippen MR) is 126 cm³/mol. The van der Waals surface area contributed by atoms with Gasteiger partial charge in [-0.15, -0.1) is 0 Å². The summed E-state index contributed by atoms with van der Waals surface area (Å²) in [4.78, 5) is 15.2. The van der Waals surface area contributed by atoms with Gasteiger partial charge in [0.15, 0.2) is 0 Å². The third-order valence-corrected chi connectivity index (χ3v) is 7.11. The minimum Gasteiger partial charge on any atom is -0.311 e. The summed E-state index contributed by atoms with van der Waals surface area (Å²) in [5.41, 5.74) is 2.36. The molecule has 1 amide bonds. The summed E-state index contributed by atoms with van der Waals surface area (Å²) in [6.07, 6.45) is 0.216. The first-order valence-electron chi connectivity index (χ1n) is 10.1. The lowest BCUT2D eigenvalue weighted by Gasteiger charge is -2.27. The van der Waals surface area contributed by atoms with Gasteiger partial charge in [0.25, 0.3) is 0 Å². The number of nitrogens with one attached hydrogen (secondary N) is 1. The Kier molecular flexibility index (Phi) is 6.59. The summed E-state index contributed by atoms with van der Waals surface area (Å²) < 4.78 is 37.6. The quantitative estimate of drug-likeness (QED) is 0.428. The number of fused-ring (bicyclic) bond motifs is 1. The maximum Gasteiger partial charge on any atom is 0.245 e. The molecule has 0 saturated heterocycles. The molecular weight excluding hydrogens is 444 g/mol. The smallest absolute Gasteiger partial charge is 0.245 e. The van der Waals surface area contributed by atoms with Crippen LogP contribution in [0, 0.1) is 0 Å². The number of likely N-dealkylation sites (N-methyl/N-ethyl adjacent to an activating group) is 1. The summed E-state index contributed by atoms with van der Waals surface area (Å²) in [7, 11) is -4.04.